The van der Waals surface area contributed by atoms with E-state index in [2.05, 4.69) is 12.8 Å². The van der Waals surface area contributed by atoms with E-state index in [0.29, 0.717) is 5.56 Å². The Balaban J connectivity index is 2.73. The van der Waals surface area contributed by atoms with Crippen molar-refractivity contribution in [2.24, 2.45) is 0 Å². The zero-order valence-electron chi connectivity index (χ0n) is 8.12. The number of Topliss-reactive ketones (excluding diaryl/α,β-unsaturated/α-hetero) is 1. The predicted octanol–water partition coefficient (Wildman–Crippen LogP) is 3.00. The number of terminal acetylenes is 1. The van der Waals surface area contributed by atoms with Crippen molar-refractivity contribution in [3.05, 3.63) is 29.8 Å². The molecule has 0 radical (unpaired) electrons. The summed E-state index contributed by atoms with van der Waals surface area (Å²) < 4.78 is 0. The fourth-order valence-corrected chi connectivity index (χ4v) is 1.76. The van der Waals surface area contributed by atoms with Crippen LogP contribution in [0.25, 0.3) is 0 Å². The van der Waals surface area contributed by atoms with Crippen LogP contribution < -0.4 is 0 Å². The molecule has 1 aromatic rings. The summed E-state index contributed by atoms with van der Waals surface area (Å²) in [5.41, 5.74) is 0.698. The number of hydrogen-bond donors (Lipinski definition) is 0. The van der Waals surface area contributed by atoms with Gasteiger partial charge in [0, 0.05) is 10.5 Å². The molecule has 0 aromatic heterocycles. The Kier molecular flexibility index (Phi) is 4.28. The van der Waals surface area contributed by atoms with Gasteiger partial charge in [-0.25, -0.2) is 0 Å². The topological polar surface area (TPSA) is 17.1 Å². The van der Waals surface area contributed by atoms with Gasteiger partial charge in [0.15, 0.2) is 5.78 Å². The minimum atomic E-state index is 0.0144. The Labute approximate surface area is 88.9 Å². The normalized spacial score (nSPS) is 9.43. The highest BCUT2D eigenvalue weighted by Gasteiger charge is 2.02. The first-order valence-electron chi connectivity index (χ1n) is 4.47. The highest BCUT2D eigenvalue weighted by atomic mass is 32.2. The number of thioether (sulfide) groups is 1. The maximum Gasteiger partial charge on any atom is 0.174 e. The Morgan fingerprint density at radius 2 is 2.07 bits per heavy atom. The minimum Gasteiger partial charge on any atom is -0.293 e. The van der Waals surface area contributed by atoms with Crippen molar-refractivity contribution < 1.29 is 4.79 Å². The smallest absolute Gasteiger partial charge is 0.174 e. The number of carbonyl (C=O) groups is 1. The van der Waals surface area contributed by atoms with Crippen molar-refractivity contribution in [2.45, 2.75) is 18.2 Å². The lowest BCUT2D eigenvalue weighted by atomic mass is 10.1. The number of rotatable bonds is 4. The zero-order valence-corrected chi connectivity index (χ0v) is 8.93. The summed E-state index contributed by atoms with van der Waals surface area (Å²) in [5, 5.41) is 0. The van der Waals surface area contributed by atoms with Crippen LogP contribution >= 0.6 is 11.8 Å². The maximum absolute atomic E-state index is 11.4. The van der Waals surface area contributed by atoms with E-state index in [1.807, 2.05) is 24.3 Å². The quantitative estimate of drug-likeness (QED) is 0.426. The van der Waals surface area contributed by atoms with Crippen molar-refractivity contribution in [1.29, 1.82) is 0 Å². The van der Waals surface area contributed by atoms with Crippen molar-refractivity contribution in [3.8, 4) is 12.3 Å². The van der Waals surface area contributed by atoms with Gasteiger partial charge in [0.25, 0.3) is 0 Å². The number of carbonyl (C=O) groups excluding carboxylic acids is 1. The molecule has 0 atom stereocenters. The molecule has 0 unspecified atom stereocenters. The molecule has 0 N–H and O–H groups in total. The third-order valence-electron chi connectivity index (χ3n) is 1.75. The van der Waals surface area contributed by atoms with Crippen molar-refractivity contribution in [3.63, 3.8) is 0 Å². The van der Waals surface area contributed by atoms with Crippen LogP contribution in [0, 0.1) is 12.3 Å². The lowest BCUT2D eigenvalue weighted by Crippen LogP contribution is -1.96. The number of benzene rings is 1. The summed E-state index contributed by atoms with van der Waals surface area (Å²) in [5.74, 6) is 3.40. The van der Waals surface area contributed by atoms with Crippen molar-refractivity contribution >= 4 is 17.5 Å². The average molecular weight is 204 g/mol. The molecule has 1 rings (SSSR count). The average Bonchev–Trinajstić information content (AvgIpc) is 2.20. The first-order valence-corrected chi connectivity index (χ1v) is 5.46. The van der Waals surface area contributed by atoms with Crippen LogP contribution in [0.3, 0.4) is 0 Å². The van der Waals surface area contributed by atoms with Crippen LogP contribution in [0.15, 0.2) is 29.2 Å². The highest BCUT2D eigenvalue weighted by molar-refractivity contribution is 7.99. The van der Waals surface area contributed by atoms with Crippen LogP contribution in [-0.2, 0) is 0 Å². The van der Waals surface area contributed by atoms with Gasteiger partial charge in [0.2, 0.25) is 0 Å². The van der Waals surface area contributed by atoms with Crippen LogP contribution in [0.2, 0.25) is 0 Å². The molecule has 0 aliphatic rings. The molecule has 0 saturated carbocycles. The first kappa shape index (κ1) is 10.9. The van der Waals surface area contributed by atoms with Gasteiger partial charge in [0.05, 0.1) is 6.42 Å². The second-order valence-corrected chi connectivity index (χ2v) is 4.10. The second-order valence-electron chi connectivity index (χ2n) is 2.76. The van der Waals surface area contributed by atoms with E-state index in [4.69, 9.17) is 6.42 Å². The summed E-state index contributed by atoms with van der Waals surface area (Å²) in [7, 11) is 0. The van der Waals surface area contributed by atoms with E-state index in [1.165, 1.54) is 4.90 Å². The highest BCUT2D eigenvalue weighted by Crippen LogP contribution is 2.18. The minimum absolute atomic E-state index is 0.0144. The molecule has 0 spiro atoms. The largest absolute Gasteiger partial charge is 0.293 e. The van der Waals surface area contributed by atoms with Gasteiger partial charge >= 0.3 is 0 Å². The van der Waals surface area contributed by atoms with E-state index in [-0.39, 0.29) is 12.2 Å². The molecule has 0 aliphatic carbocycles. The molecular weight excluding hydrogens is 192 g/mol. The Bertz CT molecular complexity index is 346. The number of ketones is 1. The standard InChI is InChI=1S/C12H12OS/c1-3-5-12(13)10-6-8-11(9-7-10)14-4-2/h1,6-9H,4-5H2,2H3. The fourth-order valence-electron chi connectivity index (χ4n) is 1.10. The summed E-state index contributed by atoms with van der Waals surface area (Å²) in [6.45, 7) is 2.10. The third kappa shape index (κ3) is 2.93. The Morgan fingerprint density at radius 3 is 2.57 bits per heavy atom. The summed E-state index contributed by atoms with van der Waals surface area (Å²) >= 11 is 1.76. The lowest BCUT2D eigenvalue weighted by molar-refractivity contribution is 0.0998. The fraction of sp³-hybridized carbons (Fsp3) is 0.250. The van der Waals surface area contributed by atoms with Gasteiger partial charge in [-0.05, 0) is 17.9 Å². The molecule has 72 valence electrons. The lowest BCUT2D eigenvalue weighted by Gasteiger charge is -2.00. The van der Waals surface area contributed by atoms with E-state index in [9.17, 15) is 4.79 Å². The molecule has 0 heterocycles. The van der Waals surface area contributed by atoms with E-state index in [0.717, 1.165) is 5.75 Å². The molecule has 14 heavy (non-hydrogen) atoms. The van der Waals surface area contributed by atoms with Gasteiger partial charge in [-0.15, -0.1) is 18.2 Å². The molecule has 0 amide bonds. The van der Waals surface area contributed by atoms with Gasteiger partial charge in [0.1, 0.15) is 0 Å². The van der Waals surface area contributed by atoms with Crippen molar-refractivity contribution in [1.82, 2.24) is 0 Å². The molecule has 1 nitrogen and oxygen atoms in total. The van der Waals surface area contributed by atoms with Crippen LogP contribution in [0.4, 0.5) is 0 Å². The molecule has 0 bridgehead atoms. The molecule has 0 aliphatic heterocycles. The Morgan fingerprint density at radius 1 is 1.43 bits per heavy atom. The maximum atomic E-state index is 11.4. The predicted molar refractivity (Wildman–Crippen MR) is 60.6 cm³/mol. The van der Waals surface area contributed by atoms with E-state index >= 15 is 0 Å². The van der Waals surface area contributed by atoms with Crippen LogP contribution in [0.5, 0.6) is 0 Å². The number of hydrogen-bond acceptors (Lipinski definition) is 2. The van der Waals surface area contributed by atoms with Gasteiger partial charge in [-0.3, -0.25) is 4.79 Å². The molecular formula is C12H12OS. The molecule has 2 heteroatoms. The van der Waals surface area contributed by atoms with Crippen LogP contribution in [0.1, 0.15) is 23.7 Å². The van der Waals surface area contributed by atoms with Gasteiger partial charge in [-0.1, -0.05) is 25.0 Å². The van der Waals surface area contributed by atoms with Gasteiger partial charge < -0.3 is 0 Å². The SMILES string of the molecule is C#CCC(=O)c1ccc(SCC)cc1. The monoisotopic (exact) mass is 204 g/mol. The Hall–Kier alpha value is -1.20. The first-order chi connectivity index (χ1) is 6.77. The van der Waals surface area contributed by atoms with Crippen molar-refractivity contribution in [2.75, 3.05) is 5.75 Å². The third-order valence-corrected chi connectivity index (χ3v) is 2.64. The molecule has 0 fully saturated rings. The van der Waals surface area contributed by atoms with Crippen LogP contribution in [-0.4, -0.2) is 11.5 Å². The van der Waals surface area contributed by atoms with E-state index in [1.54, 1.807) is 11.8 Å². The van der Waals surface area contributed by atoms with E-state index < -0.39 is 0 Å². The molecule has 1 aromatic carbocycles. The second kappa shape index (κ2) is 5.51. The summed E-state index contributed by atoms with van der Waals surface area (Å²) in [6, 6.07) is 7.57. The zero-order chi connectivity index (χ0) is 10.4. The molecule has 0 saturated heterocycles. The van der Waals surface area contributed by atoms with Gasteiger partial charge in [-0.2, -0.15) is 0 Å². The summed E-state index contributed by atoms with van der Waals surface area (Å²) in [4.78, 5) is 12.5. The summed E-state index contributed by atoms with van der Waals surface area (Å²) in [6.07, 6.45) is 5.25.